The molecule has 3 heterocycles. The van der Waals surface area contributed by atoms with E-state index in [2.05, 4.69) is 296 Å². The predicted molar refractivity (Wildman–Crippen MR) is 477 cm³/mol. The molecule has 9 heteroatoms. The van der Waals surface area contributed by atoms with Crippen LogP contribution in [0.25, 0.3) is 0 Å². The van der Waals surface area contributed by atoms with Crippen molar-refractivity contribution in [3.05, 3.63) is 259 Å². The minimum atomic E-state index is -0.309. The molecule has 116 heavy (non-hydrogen) atoms. The summed E-state index contributed by atoms with van der Waals surface area (Å²) in [6.07, 6.45) is 4.15. The third-order valence-corrected chi connectivity index (χ3v) is 24.7. The summed E-state index contributed by atoms with van der Waals surface area (Å²) in [5.41, 5.74) is 26.4. The molecule has 14 rings (SSSR count). The fraction of sp³-hybridized carbons (Fsp3) is 0.495. The van der Waals surface area contributed by atoms with Gasteiger partial charge in [-0.15, -0.1) is 0 Å². The lowest BCUT2D eigenvalue weighted by molar-refractivity contribution is 0.207. The summed E-state index contributed by atoms with van der Waals surface area (Å²) >= 11 is 0. The molecular formula is C107H134O9. The molecule has 0 saturated heterocycles. The fourth-order valence-corrected chi connectivity index (χ4v) is 17.5. The summed E-state index contributed by atoms with van der Waals surface area (Å²) < 4.78 is 62.2. The number of ether oxygens (including phenoxy) is 8. The van der Waals surface area contributed by atoms with Crippen molar-refractivity contribution in [1.82, 2.24) is 0 Å². The average Bonchev–Trinajstić information content (AvgIpc) is 0.773. The number of hydrogen-bond acceptors (Lipinski definition) is 9. The summed E-state index contributed by atoms with van der Waals surface area (Å²) in [5, 5.41) is 13.7. The van der Waals surface area contributed by atoms with Gasteiger partial charge in [0, 0.05) is 57.8 Å². The van der Waals surface area contributed by atoms with Gasteiger partial charge in [0.25, 0.3) is 0 Å². The van der Waals surface area contributed by atoms with E-state index in [0.717, 1.165) is 163 Å². The highest BCUT2D eigenvalue weighted by Crippen LogP contribution is 2.50. The van der Waals surface area contributed by atoms with Crippen LogP contribution < -0.4 is 37.9 Å². The Morgan fingerprint density at radius 2 is 0.241 bits per heavy atom. The van der Waals surface area contributed by atoms with Crippen LogP contribution in [0.15, 0.2) is 109 Å². The zero-order valence-corrected chi connectivity index (χ0v) is 75.6. The van der Waals surface area contributed by atoms with E-state index in [9.17, 15) is 5.11 Å². The Balaban J connectivity index is 1.20. The van der Waals surface area contributed by atoms with Crippen LogP contribution in [0.1, 0.15) is 337 Å². The van der Waals surface area contributed by atoms with E-state index in [1.165, 1.54) is 33.4 Å². The van der Waals surface area contributed by atoms with E-state index in [1.807, 2.05) is 0 Å². The number of fused-ring (bicyclic) bond motifs is 8. The Morgan fingerprint density at radius 3 is 0.336 bits per heavy atom. The first-order valence-corrected chi connectivity index (χ1v) is 43.2. The molecule has 9 nitrogen and oxygen atoms in total. The Kier molecular flexibility index (Phi) is 22.0. The molecule has 0 saturated carbocycles. The molecule has 0 atom stereocenters. The number of phenolic OH excluding ortho intramolecular Hbond substituents is 1. The fourth-order valence-electron chi connectivity index (χ4n) is 17.5. The maximum Gasteiger partial charge on any atom is 0.126 e. The van der Waals surface area contributed by atoms with Gasteiger partial charge in [0.15, 0.2) is 0 Å². The van der Waals surface area contributed by atoms with Crippen LogP contribution in [0.5, 0.6) is 51.7 Å². The molecule has 5 aliphatic rings. The summed E-state index contributed by atoms with van der Waals surface area (Å²) in [6.45, 7) is 64.4. The first kappa shape index (κ1) is 83.7. The Labute approximate surface area is 696 Å². The summed E-state index contributed by atoms with van der Waals surface area (Å²) in [6, 6.07) is 43.0. The topological polar surface area (TPSA) is 94.1 Å². The van der Waals surface area contributed by atoms with Gasteiger partial charge in [-0.25, -0.2) is 0 Å². The molecule has 0 spiro atoms. The first-order valence-electron chi connectivity index (χ1n) is 43.2. The molecule has 0 unspecified atom stereocenters. The third-order valence-electron chi connectivity index (χ3n) is 24.7. The van der Waals surface area contributed by atoms with Crippen molar-refractivity contribution < 1.29 is 43.0 Å². The number of aromatic hydroxyl groups is 1. The maximum absolute atomic E-state index is 13.7. The Morgan fingerprint density at radius 1 is 0.155 bits per heavy atom. The van der Waals surface area contributed by atoms with Crippen molar-refractivity contribution in [1.29, 1.82) is 0 Å². The van der Waals surface area contributed by atoms with Crippen LogP contribution in [-0.2, 0) is 107 Å². The molecule has 0 aromatic heterocycles. The Hall–Kier alpha value is -8.82. The molecular weight excluding hydrogens is 1430 g/mol. The predicted octanol–water partition coefficient (Wildman–Crippen LogP) is 24.8. The van der Waals surface area contributed by atoms with Crippen molar-refractivity contribution in [3.63, 3.8) is 0 Å². The highest BCUT2D eigenvalue weighted by Gasteiger charge is 2.35. The van der Waals surface area contributed by atoms with Crippen molar-refractivity contribution >= 4 is 0 Å². The second-order valence-electron chi connectivity index (χ2n) is 43.8. The highest BCUT2D eigenvalue weighted by atomic mass is 16.5. The minimum Gasteiger partial charge on any atom is -0.507 e. The highest BCUT2D eigenvalue weighted by molar-refractivity contribution is 5.64. The van der Waals surface area contributed by atoms with Gasteiger partial charge >= 0.3 is 0 Å². The monoisotopic (exact) mass is 1560 g/mol. The third kappa shape index (κ3) is 17.8. The number of rotatable bonds is 0. The molecule has 2 aliphatic carbocycles. The summed E-state index contributed by atoms with van der Waals surface area (Å²) in [4.78, 5) is 0. The van der Waals surface area contributed by atoms with Gasteiger partial charge in [-0.2, -0.15) is 0 Å². The van der Waals surface area contributed by atoms with E-state index in [-0.39, 0.29) is 107 Å². The van der Waals surface area contributed by atoms with Crippen LogP contribution in [0, 0.1) is 0 Å². The van der Waals surface area contributed by atoms with E-state index >= 15 is 0 Å². The lowest BCUT2D eigenvalue weighted by Crippen LogP contribution is -2.21. The SMILES string of the molecule is CC(C)(C)c1cc2c(O)c(c1)Cc1cc(C(C)(C)C)cc3c1OCCOc1c4cc(C(C)(C)C)cc1Cc1cc(C(C)(C)C)cc5c1OCCOc1c(cc(C(C)(C)C)cc1Cc1cc(C(C)(C)C)cc6c1OCCOc1c(cc(C(C)(C)C)cc1C5)Cc1cc(C(C)(C)C)cc(c1OCCOc1c(cc(C(C)(C)C)cc1C6)C2)C4)C3. The molecule has 616 valence electrons. The van der Waals surface area contributed by atoms with Gasteiger partial charge in [-0.3, -0.25) is 0 Å². The standard InChI is InChI=1S/C107H134O9/c1-99(2,3)81-45-63-36-65-47-82(100(4,5)6)49-67-38-69-51-84(102(10,11)12)53-71-40-72-54-85(103(13,14)15)52-70-39-68-50-83(101(7,8)9)48-66(37-64(46-81)90(63)108)92(68)110-29-31-112-96-74-41-73-55-86(104(16,17)18)57-75(95(73)111-30-28-109-91(65)67)42-77-59-88(106(22,23)24)61-79(97(77)115-34-32-113-93(69)71)44-80-62-89(107(25,26)27)60-78(98(80)116-35-33-114-94(70)72)43-76(96)58-87(56-74)105(19,20)21/h45-62,108H,28-44H2,1-27H3. The lowest BCUT2D eigenvalue weighted by Gasteiger charge is -2.30. The van der Waals surface area contributed by atoms with Crippen LogP contribution in [0.3, 0.4) is 0 Å². The molecule has 9 aromatic rings. The van der Waals surface area contributed by atoms with Crippen molar-refractivity contribution in [2.45, 2.75) is 293 Å². The lowest BCUT2D eigenvalue weighted by atomic mass is 9.79. The number of benzene rings is 9. The van der Waals surface area contributed by atoms with Crippen LogP contribution in [0.2, 0.25) is 0 Å². The molecule has 3 aliphatic heterocycles. The van der Waals surface area contributed by atoms with Crippen LogP contribution in [-0.4, -0.2) is 58.0 Å². The first-order chi connectivity index (χ1) is 54.0. The van der Waals surface area contributed by atoms with Gasteiger partial charge in [-0.05, 0) is 199 Å². The van der Waals surface area contributed by atoms with Gasteiger partial charge < -0.3 is 43.0 Å². The molecule has 1 N–H and O–H groups in total. The molecule has 0 fully saturated rings. The molecule has 26 bridgehead atoms. The maximum atomic E-state index is 13.7. The van der Waals surface area contributed by atoms with Gasteiger partial charge in [0.2, 0.25) is 0 Å². The van der Waals surface area contributed by atoms with E-state index in [1.54, 1.807) is 0 Å². The Bertz CT molecular complexity index is 4970. The second-order valence-corrected chi connectivity index (χ2v) is 43.8. The van der Waals surface area contributed by atoms with Crippen molar-refractivity contribution in [2.75, 3.05) is 52.9 Å². The van der Waals surface area contributed by atoms with E-state index < -0.39 is 0 Å². The van der Waals surface area contributed by atoms with E-state index in [0.29, 0.717) is 57.8 Å². The summed E-state index contributed by atoms with van der Waals surface area (Å²) in [7, 11) is 0. The number of phenols is 1. The van der Waals surface area contributed by atoms with Crippen LogP contribution in [0.4, 0.5) is 0 Å². The zero-order chi connectivity index (χ0) is 83.7. The molecule has 0 radical (unpaired) electrons. The molecule has 9 aromatic carbocycles. The van der Waals surface area contributed by atoms with Gasteiger partial charge in [-0.1, -0.05) is 296 Å². The van der Waals surface area contributed by atoms with Gasteiger partial charge in [0.1, 0.15) is 105 Å². The average molecular weight is 1560 g/mol. The van der Waals surface area contributed by atoms with Crippen molar-refractivity contribution in [3.8, 4) is 51.7 Å². The van der Waals surface area contributed by atoms with E-state index in [4.69, 9.17) is 37.9 Å². The number of hydrogen-bond donors (Lipinski definition) is 1. The van der Waals surface area contributed by atoms with Crippen LogP contribution >= 0.6 is 0 Å². The largest absolute Gasteiger partial charge is 0.507 e. The zero-order valence-electron chi connectivity index (χ0n) is 75.6. The summed E-state index contributed by atoms with van der Waals surface area (Å²) in [5.74, 6) is 6.77. The smallest absolute Gasteiger partial charge is 0.126 e. The second kappa shape index (κ2) is 30.5. The normalized spacial score (nSPS) is 15.9. The van der Waals surface area contributed by atoms with Crippen molar-refractivity contribution in [2.24, 2.45) is 0 Å². The quantitative estimate of drug-likeness (QED) is 0.159. The minimum absolute atomic E-state index is 0.212. The van der Waals surface area contributed by atoms with Gasteiger partial charge in [0.05, 0.1) is 0 Å². The molecule has 0 amide bonds.